The quantitative estimate of drug-likeness (QED) is 0.162. The van der Waals surface area contributed by atoms with Gasteiger partial charge in [0, 0.05) is 67.3 Å². The van der Waals surface area contributed by atoms with Gasteiger partial charge >= 0.3 is 0 Å². The van der Waals surface area contributed by atoms with Gasteiger partial charge in [0.1, 0.15) is 22.4 Å². The van der Waals surface area contributed by atoms with Gasteiger partial charge in [-0.25, -0.2) is 15.0 Å². The highest BCUT2D eigenvalue weighted by atomic mass is 16.3. The summed E-state index contributed by atoms with van der Waals surface area (Å²) in [5.74, 6) is 1.99. The second kappa shape index (κ2) is 15.0. The zero-order chi connectivity index (χ0) is 44.9. The van der Waals surface area contributed by atoms with Crippen molar-refractivity contribution in [3.8, 4) is 22.6 Å². The zero-order valence-electron chi connectivity index (χ0n) is 36.8. The fourth-order valence-electron chi connectivity index (χ4n) is 10.6. The molecule has 7 nitrogen and oxygen atoms in total. The summed E-state index contributed by atoms with van der Waals surface area (Å²) in [6.45, 7) is 2.11. The summed E-state index contributed by atoms with van der Waals surface area (Å²) < 4.78 is 15.3. The molecule has 68 heavy (non-hydrogen) atoms. The molecule has 320 valence electrons. The van der Waals surface area contributed by atoms with Crippen LogP contribution in [-0.2, 0) is 0 Å². The smallest absolute Gasteiger partial charge is 0.227 e. The number of aromatic nitrogens is 2. The number of anilines is 2. The molecular formula is C61H39N5O2. The van der Waals surface area contributed by atoms with E-state index < -0.39 is 0 Å². The molecule has 5 heterocycles. The summed E-state index contributed by atoms with van der Waals surface area (Å²) in [7, 11) is 0. The summed E-state index contributed by atoms with van der Waals surface area (Å²) in [5, 5.41) is 3.31. The van der Waals surface area contributed by atoms with Crippen LogP contribution in [0.2, 0.25) is 0 Å². The molecule has 3 aliphatic rings. The molecule has 0 spiro atoms. The van der Waals surface area contributed by atoms with Crippen molar-refractivity contribution in [3.63, 3.8) is 0 Å². The van der Waals surface area contributed by atoms with Crippen LogP contribution in [0.5, 0.6) is 0 Å². The predicted molar refractivity (Wildman–Crippen MR) is 276 cm³/mol. The maximum Gasteiger partial charge on any atom is 0.227 e. The van der Waals surface area contributed by atoms with Crippen LogP contribution in [0.1, 0.15) is 46.8 Å². The van der Waals surface area contributed by atoms with E-state index in [2.05, 4.69) is 180 Å². The van der Waals surface area contributed by atoms with E-state index in [9.17, 15) is 0 Å². The Labute approximate surface area is 391 Å². The van der Waals surface area contributed by atoms with Crippen molar-refractivity contribution in [3.05, 3.63) is 239 Å². The van der Waals surface area contributed by atoms with Crippen molar-refractivity contribution in [1.82, 2.24) is 9.55 Å². The van der Waals surface area contributed by atoms with E-state index in [0.29, 0.717) is 17.3 Å². The molecule has 2 unspecified atom stereocenters. The molecule has 0 N–H and O–H groups in total. The van der Waals surface area contributed by atoms with E-state index in [1.807, 2.05) is 48.5 Å². The van der Waals surface area contributed by atoms with Crippen molar-refractivity contribution >= 4 is 78.8 Å². The average Bonchev–Trinajstić information content (AvgIpc) is 4.14. The normalized spacial score (nSPS) is 16.3. The van der Waals surface area contributed by atoms with Crippen molar-refractivity contribution in [2.45, 2.75) is 18.9 Å². The van der Waals surface area contributed by atoms with Gasteiger partial charge in [-0.2, -0.15) is 0 Å². The Hall–Kier alpha value is -9.03. The Balaban J connectivity index is 0.938. The summed E-state index contributed by atoms with van der Waals surface area (Å²) in [6.07, 6.45) is 4.70. The first-order valence-corrected chi connectivity index (χ1v) is 23.0. The van der Waals surface area contributed by atoms with E-state index in [0.717, 1.165) is 100 Å². The van der Waals surface area contributed by atoms with E-state index in [-0.39, 0.29) is 12.0 Å². The van der Waals surface area contributed by atoms with Gasteiger partial charge in [0.05, 0.1) is 17.3 Å². The molecule has 0 saturated carbocycles. The lowest BCUT2D eigenvalue weighted by Crippen LogP contribution is -2.29. The van der Waals surface area contributed by atoms with Gasteiger partial charge in [0.25, 0.3) is 0 Å². The van der Waals surface area contributed by atoms with Crippen LogP contribution in [0.4, 0.5) is 11.4 Å². The molecule has 1 aliphatic carbocycles. The fourth-order valence-corrected chi connectivity index (χ4v) is 10.6. The van der Waals surface area contributed by atoms with Crippen molar-refractivity contribution in [2.24, 2.45) is 9.98 Å². The van der Waals surface area contributed by atoms with Crippen LogP contribution in [-0.4, -0.2) is 21.2 Å². The lowest BCUT2D eigenvalue weighted by Gasteiger charge is -2.33. The average molecular weight is 874 g/mol. The minimum atomic E-state index is -0.142. The number of hydrogen-bond acceptors (Lipinski definition) is 6. The number of amidine groups is 1. The molecule has 3 aromatic heterocycles. The van der Waals surface area contributed by atoms with Gasteiger partial charge in [0.2, 0.25) is 5.89 Å². The lowest BCUT2D eigenvalue weighted by atomic mass is 9.86. The lowest BCUT2D eigenvalue weighted by molar-refractivity contribution is 0.617. The minimum absolute atomic E-state index is 0.0445. The second-order valence-corrected chi connectivity index (χ2v) is 17.7. The number of para-hydroxylation sites is 3. The Morgan fingerprint density at radius 3 is 2.09 bits per heavy atom. The van der Waals surface area contributed by atoms with E-state index >= 15 is 0 Å². The third-order valence-corrected chi connectivity index (χ3v) is 13.7. The number of nitrogens with zero attached hydrogens (tertiary/aromatic N) is 5. The molecule has 2 aliphatic heterocycles. The first kappa shape index (κ1) is 38.3. The summed E-state index contributed by atoms with van der Waals surface area (Å²) >= 11 is 0. The van der Waals surface area contributed by atoms with Crippen LogP contribution in [0, 0.1) is 0 Å². The zero-order valence-corrected chi connectivity index (χ0v) is 36.8. The van der Waals surface area contributed by atoms with Crippen molar-refractivity contribution < 1.29 is 8.83 Å². The van der Waals surface area contributed by atoms with Crippen molar-refractivity contribution in [2.75, 3.05) is 4.90 Å². The number of hydrogen-bond donors (Lipinski definition) is 0. The summed E-state index contributed by atoms with van der Waals surface area (Å²) in [5.41, 5.74) is 20.4. The van der Waals surface area contributed by atoms with Crippen LogP contribution in [0.3, 0.4) is 0 Å². The third kappa shape index (κ3) is 5.97. The number of furan rings is 1. The number of fused-ring (bicyclic) bond motifs is 11. The fraction of sp³-hybridized carbons (Fsp3) is 0.0492. The van der Waals surface area contributed by atoms with Gasteiger partial charge in [-0.3, -0.25) is 4.57 Å². The largest absolute Gasteiger partial charge is 0.456 e. The number of rotatable bonds is 5. The minimum Gasteiger partial charge on any atom is -0.456 e. The van der Waals surface area contributed by atoms with E-state index in [4.69, 9.17) is 23.8 Å². The van der Waals surface area contributed by atoms with Gasteiger partial charge in [-0.05, 0) is 72.1 Å². The highest BCUT2D eigenvalue weighted by Crippen LogP contribution is 2.57. The van der Waals surface area contributed by atoms with E-state index in [1.165, 1.54) is 11.1 Å². The molecule has 2 atom stereocenters. The van der Waals surface area contributed by atoms with Crippen LogP contribution >= 0.6 is 0 Å². The first-order chi connectivity index (χ1) is 33.6. The molecule has 0 amide bonds. The molecular weight excluding hydrogens is 835 g/mol. The standard InChI is InChI=1S/C61H39N5O2/c1-37-34-51(40-16-6-3-7-17-40)62-59(41-26-24-39(25-27-41)38-14-4-2-5-15-38)64-60(37)66-53-22-12-9-19-45(53)49-32-31-48-44-18-8-11-21-52(44)65(57(48)58(49)66)43-29-33-50-56(36-43)68-61(63-50)42-28-30-47-46-20-10-13-23-54(46)67-55(47)35-42/h2-33,35-36,48,57H,1H3. The molecule has 0 fully saturated rings. The molecule has 8 aromatic carbocycles. The Morgan fingerprint density at radius 2 is 1.24 bits per heavy atom. The topological polar surface area (TPSA) is 72.1 Å². The number of oxazole rings is 1. The number of allylic oxidation sites excluding steroid dienone is 1. The monoisotopic (exact) mass is 873 g/mol. The SMILES string of the molecule is CC1=C=C(c2ccccc2)N=C(c2ccc(-c3ccccc3)cc2)N=C1n1c2c(c3ccccc31)C=CC1c3ccccc3N(c3ccc4nc(-c5ccc6c(c5)oc5ccccc56)oc4c3)C21. The second-order valence-electron chi connectivity index (χ2n) is 17.7. The maximum atomic E-state index is 6.65. The molecule has 7 heteroatoms. The first-order valence-electron chi connectivity index (χ1n) is 23.0. The van der Waals surface area contributed by atoms with Crippen molar-refractivity contribution in [1.29, 1.82) is 0 Å². The van der Waals surface area contributed by atoms with Crippen LogP contribution in [0.15, 0.2) is 230 Å². The molecule has 0 saturated heterocycles. The highest BCUT2D eigenvalue weighted by Gasteiger charge is 2.45. The Morgan fingerprint density at radius 1 is 0.544 bits per heavy atom. The maximum absolute atomic E-state index is 6.65. The third-order valence-electron chi connectivity index (χ3n) is 13.7. The van der Waals surface area contributed by atoms with Gasteiger partial charge in [-0.15, -0.1) is 0 Å². The predicted octanol–water partition coefficient (Wildman–Crippen LogP) is 15.3. The molecule has 0 radical (unpaired) electrons. The molecule has 14 rings (SSSR count). The van der Waals surface area contributed by atoms with Gasteiger partial charge in [-0.1, -0.05) is 157 Å². The van der Waals surface area contributed by atoms with Gasteiger partial charge in [0.15, 0.2) is 17.3 Å². The number of benzene rings is 8. The Kier molecular flexibility index (Phi) is 8.44. The van der Waals surface area contributed by atoms with Crippen LogP contribution in [0.25, 0.3) is 78.3 Å². The van der Waals surface area contributed by atoms with E-state index in [1.54, 1.807) is 0 Å². The number of aliphatic imine (C=N–C) groups is 2. The summed E-state index contributed by atoms with van der Waals surface area (Å²) in [4.78, 5) is 18.4. The highest BCUT2D eigenvalue weighted by molar-refractivity contribution is 6.17. The Bertz CT molecular complexity index is 4030. The summed E-state index contributed by atoms with van der Waals surface area (Å²) in [6, 6.07) is 67.3. The molecule has 11 aromatic rings. The van der Waals surface area contributed by atoms with Gasteiger partial charge < -0.3 is 13.7 Å². The molecule has 0 bridgehead atoms. The van der Waals surface area contributed by atoms with Crippen LogP contribution < -0.4 is 4.90 Å².